The lowest BCUT2D eigenvalue weighted by molar-refractivity contribution is 0.332. The van der Waals surface area contributed by atoms with Gasteiger partial charge in [-0.05, 0) is 176 Å². The van der Waals surface area contributed by atoms with Crippen LogP contribution in [0.2, 0.25) is 0 Å². The van der Waals surface area contributed by atoms with Gasteiger partial charge in [0.1, 0.15) is 0 Å². The maximum atomic E-state index is 2.82. The van der Waals surface area contributed by atoms with Gasteiger partial charge in [0.2, 0.25) is 0 Å². The lowest BCUT2D eigenvalue weighted by Gasteiger charge is -2.42. The Balaban J connectivity index is 1.41. The van der Waals surface area contributed by atoms with Crippen molar-refractivity contribution in [2.75, 3.05) is 0 Å². The van der Waals surface area contributed by atoms with Gasteiger partial charge in [-0.3, -0.25) is 0 Å². The van der Waals surface area contributed by atoms with Crippen LogP contribution in [-0.2, 0) is 43.3 Å². The van der Waals surface area contributed by atoms with Crippen LogP contribution in [0, 0.1) is 0 Å². The quantitative estimate of drug-likeness (QED) is 0.144. The van der Waals surface area contributed by atoms with Gasteiger partial charge in [-0.25, -0.2) is 0 Å². The number of rotatable bonds is 0. The highest BCUT2D eigenvalue weighted by atomic mass is 14.9. The summed E-state index contributed by atoms with van der Waals surface area (Å²) in [5.41, 5.74) is 21.8. The molecule has 0 amide bonds. The fourth-order valence-electron chi connectivity index (χ4n) is 15.3. The SMILES string of the molecule is CC1(C)CCC(C)(C)c2cc3c(cc21)c1c2c4c5c(ccc4n4c6cc7c(cc6c(c6c8c9c(ccc8n3c16)C(C)(C)CCC9(C)C)c24)C(C)(C)CCC7(C)C)C(C)(C)CCC5(C)C. The molecule has 0 spiro atoms. The highest BCUT2D eigenvalue weighted by Crippen LogP contribution is 2.60. The summed E-state index contributed by atoms with van der Waals surface area (Å²) in [7, 11) is 0. The molecule has 0 N–H and O–H groups in total. The Morgan fingerprint density at radius 2 is 0.562 bits per heavy atom. The Kier molecular flexibility index (Phi) is 7.04. The highest BCUT2D eigenvalue weighted by molar-refractivity contribution is 6.45. The minimum atomic E-state index is 0.0416. The largest absolute Gasteiger partial charge is 0.308 e. The molecule has 2 heteroatoms. The van der Waals surface area contributed by atoms with Gasteiger partial charge in [0, 0.05) is 43.1 Å². The van der Waals surface area contributed by atoms with Crippen molar-refractivity contribution in [3.8, 4) is 0 Å². The van der Waals surface area contributed by atoms with Crippen molar-refractivity contribution < 1.29 is 0 Å². The third kappa shape index (κ3) is 4.56. The number of benzene rings is 5. The summed E-state index contributed by atoms with van der Waals surface area (Å²) >= 11 is 0. The van der Waals surface area contributed by atoms with Gasteiger partial charge in [-0.1, -0.05) is 123 Å². The highest BCUT2D eigenvalue weighted by Gasteiger charge is 2.45. The summed E-state index contributed by atoms with van der Waals surface area (Å²) < 4.78 is 5.64. The predicted molar refractivity (Wildman–Crippen MR) is 277 cm³/mol. The van der Waals surface area contributed by atoms with Crippen LogP contribution < -0.4 is 0 Å². The van der Waals surface area contributed by atoms with E-state index in [9.17, 15) is 0 Å². The van der Waals surface area contributed by atoms with Gasteiger partial charge in [-0.2, -0.15) is 0 Å². The molecule has 0 saturated heterocycles. The average molecular weight is 845 g/mol. The van der Waals surface area contributed by atoms with Crippen LogP contribution >= 0.6 is 0 Å². The zero-order chi connectivity index (χ0) is 45.2. The topological polar surface area (TPSA) is 8.82 Å². The molecule has 4 aliphatic rings. The number of fused-ring (bicyclic) bond motifs is 20. The van der Waals surface area contributed by atoms with E-state index in [1.165, 1.54) is 128 Å². The molecule has 0 unspecified atom stereocenters. The molecule has 4 aliphatic carbocycles. The van der Waals surface area contributed by atoms with Crippen molar-refractivity contribution >= 4 is 76.2 Å². The molecule has 13 rings (SSSR count). The summed E-state index contributed by atoms with van der Waals surface area (Å²) in [6, 6.07) is 21.1. The van der Waals surface area contributed by atoms with Crippen LogP contribution in [0.4, 0.5) is 0 Å². The Labute approximate surface area is 381 Å². The number of nitrogens with zero attached hydrogens (tertiary/aromatic N) is 2. The Morgan fingerprint density at radius 1 is 0.281 bits per heavy atom. The van der Waals surface area contributed by atoms with Crippen molar-refractivity contribution in [2.45, 2.75) is 205 Å². The third-order valence-electron chi connectivity index (χ3n) is 19.8. The second-order valence-electron chi connectivity index (χ2n) is 27.5. The lowest BCUT2D eigenvalue weighted by atomic mass is 9.62. The number of hydrogen-bond acceptors (Lipinski definition) is 0. The molecule has 9 aromatic rings. The normalized spacial score (nSPS) is 23.5. The standard InChI is InChI=1S/C62H72N2/c1-55(2)25-27-61(13,14)51-35(55)17-19-41-47(51)49-45-33-29-37-40(60(11,12)24-21-57(37,5)6)32-44(33)64-42-20-18-36-52(62(15,16)28-26-56(36,3)4)48(42)50(54(45)64)46-34-30-38-39(31-43(34)63(41)53(46)49)59(9,10)23-22-58(38,7)8/h17-20,29-32H,21-28H2,1-16H3. The van der Waals surface area contributed by atoms with E-state index in [2.05, 4.69) is 168 Å². The molecule has 0 bridgehead atoms. The lowest BCUT2D eigenvalue weighted by Crippen LogP contribution is -2.34. The number of aromatic nitrogens is 2. The monoisotopic (exact) mass is 845 g/mol. The first kappa shape index (κ1) is 40.0. The molecule has 4 aromatic heterocycles. The molecular formula is C62H72N2. The van der Waals surface area contributed by atoms with Gasteiger partial charge in [0.25, 0.3) is 0 Å². The molecule has 64 heavy (non-hydrogen) atoms. The maximum Gasteiger partial charge on any atom is 0.0634 e. The molecule has 330 valence electrons. The zero-order valence-electron chi connectivity index (χ0n) is 42.2. The fourth-order valence-corrected chi connectivity index (χ4v) is 15.3. The molecule has 0 radical (unpaired) electrons. The van der Waals surface area contributed by atoms with Crippen molar-refractivity contribution in [1.82, 2.24) is 8.80 Å². The summed E-state index contributed by atoms with van der Waals surface area (Å²) in [6.07, 6.45) is 9.67. The van der Waals surface area contributed by atoms with Crippen LogP contribution in [0.1, 0.15) is 207 Å². The van der Waals surface area contributed by atoms with E-state index < -0.39 is 0 Å². The van der Waals surface area contributed by atoms with E-state index in [4.69, 9.17) is 0 Å². The molecule has 2 nitrogen and oxygen atoms in total. The minimum Gasteiger partial charge on any atom is -0.308 e. The summed E-state index contributed by atoms with van der Waals surface area (Å²) in [4.78, 5) is 0. The maximum absolute atomic E-state index is 2.82. The second kappa shape index (κ2) is 11.3. The van der Waals surface area contributed by atoms with Gasteiger partial charge in [0.05, 0.1) is 33.1 Å². The molecule has 0 aliphatic heterocycles. The van der Waals surface area contributed by atoms with Crippen molar-refractivity contribution in [3.63, 3.8) is 0 Å². The van der Waals surface area contributed by atoms with Crippen molar-refractivity contribution in [2.24, 2.45) is 0 Å². The Morgan fingerprint density at radius 3 is 0.891 bits per heavy atom. The van der Waals surface area contributed by atoms with Gasteiger partial charge in [0.15, 0.2) is 0 Å². The molecule has 0 atom stereocenters. The summed E-state index contributed by atoms with van der Waals surface area (Å²) in [5.74, 6) is 0. The van der Waals surface area contributed by atoms with Crippen LogP contribution in [0.3, 0.4) is 0 Å². The van der Waals surface area contributed by atoms with Gasteiger partial charge >= 0.3 is 0 Å². The minimum absolute atomic E-state index is 0.0416. The summed E-state index contributed by atoms with van der Waals surface area (Å²) in [6.45, 7) is 40.4. The van der Waals surface area contributed by atoms with Crippen LogP contribution in [0.15, 0.2) is 48.5 Å². The molecular weight excluding hydrogens is 773 g/mol. The first-order valence-corrected chi connectivity index (χ1v) is 25.3. The van der Waals surface area contributed by atoms with E-state index in [0.717, 1.165) is 0 Å². The van der Waals surface area contributed by atoms with Crippen LogP contribution in [-0.4, -0.2) is 8.80 Å². The fraction of sp³-hybridized carbons (Fsp3) is 0.516. The van der Waals surface area contributed by atoms with E-state index in [-0.39, 0.29) is 43.3 Å². The van der Waals surface area contributed by atoms with Gasteiger partial charge in [-0.15, -0.1) is 0 Å². The van der Waals surface area contributed by atoms with E-state index >= 15 is 0 Å². The van der Waals surface area contributed by atoms with E-state index in [0.29, 0.717) is 0 Å². The molecule has 0 saturated carbocycles. The van der Waals surface area contributed by atoms with Crippen molar-refractivity contribution in [1.29, 1.82) is 0 Å². The second-order valence-corrected chi connectivity index (χ2v) is 27.5. The van der Waals surface area contributed by atoms with Crippen LogP contribution in [0.5, 0.6) is 0 Å². The molecule has 4 heterocycles. The molecule has 5 aromatic carbocycles. The smallest absolute Gasteiger partial charge is 0.0634 e. The zero-order valence-corrected chi connectivity index (χ0v) is 42.2. The van der Waals surface area contributed by atoms with Crippen LogP contribution in [0.25, 0.3) is 76.2 Å². The van der Waals surface area contributed by atoms with Gasteiger partial charge < -0.3 is 8.80 Å². The third-order valence-corrected chi connectivity index (χ3v) is 19.8. The summed E-state index contributed by atoms with van der Waals surface area (Å²) in [5, 5.41) is 12.0. The predicted octanol–water partition coefficient (Wildman–Crippen LogP) is 17.4. The first-order chi connectivity index (χ1) is 29.7. The average Bonchev–Trinajstić information content (AvgIpc) is 3.93. The molecule has 0 fully saturated rings. The van der Waals surface area contributed by atoms with E-state index in [1.54, 1.807) is 44.5 Å². The van der Waals surface area contributed by atoms with E-state index in [1.807, 2.05) is 0 Å². The first-order valence-electron chi connectivity index (χ1n) is 25.3. The number of hydrogen-bond donors (Lipinski definition) is 0. The Hall–Kier alpha value is -4.30. The Bertz CT molecular complexity index is 3360. The van der Waals surface area contributed by atoms with Crippen molar-refractivity contribution in [3.05, 3.63) is 93.0 Å².